The van der Waals surface area contributed by atoms with Crippen molar-refractivity contribution in [1.29, 1.82) is 0 Å². The summed E-state index contributed by atoms with van der Waals surface area (Å²) in [6.45, 7) is 4.26. The van der Waals surface area contributed by atoms with E-state index in [1.807, 2.05) is 0 Å². The molecule has 1 saturated carbocycles. The average Bonchev–Trinajstić information content (AvgIpc) is 2.36. The Morgan fingerprint density at radius 2 is 1.90 bits per heavy atom. The molecule has 0 bridgehead atoms. The molecule has 1 fully saturated rings. The van der Waals surface area contributed by atoms with Crippen molar-refractivity contribution in [3.8, 4) is 0 Å². The van der Waals surface area contributed by atoms with E-state index in [1.165, 1.54) is 12.1 Å². The molecule has 1 aromatic carbocycles. The van der Waals surface area contributed by atoms with Gasteiger partial charge >= 0.3 is 6.18 Å². The second-order valence-electron chi connectivity index (χ2n) is 5.82. The fourth-order valence-electron chi connectivity index (χ4n) is 2.91. The molecule has 2 nitrogen and oxygen atoms in total. The van der Waals surface area contributed by atoms with Crippen molar-refractivity contribution in [2.75, 3.05) is 11.1 Å². The van der Waals surface area contributed by atoms with Gasteiger partial charge < -0.3 is 11.1 Å². The zero-order valence-electron chi connectivity index (χ0n) is 11.8. The van der Waals surface area contributed by atoms with Crippen molar-refractivity contribution in [2.45, 2.75) is 45.3 Å². The van der Waals surface area contributed by atoms with Crippen molar-refractivity contribution in [2.24, 2.45) is 11.8 Å². The number of hydrogen-bond donors (Lipinski definition) is 2. The van der Waals surface area contributed by atoms with Gasteiger partial charge in [0.05, 0.1) is 5.56 Å². The van der Waals surface area contributed by atoms with E-state index in [-0.39, 0.29) is 17.4 Å². The van der Waals surface area contributed by atoms with Crippen LogP contribution in [0.3, 0.4) is 0 Å². The Balaban J connectivity index is 2.25. The molecule has 3 unspecified atom stereocenters. The van der Waals surface area contributed by atoms with Crippen LogP contribution in [0.15, 0.2) is 18.2 Å². The molecule has 1 aliphatic carbocycles. The highest BCUT2D eigenvalue weighted by atomic mass is 19.4. The standard InChI is InChI=1S/C15H21F3N2/c1-9-4-3-5-13(10(9)2)20-14-7-6-11(19)8-12(14)15(16,17)18/h6-10,13,20H,3-5,19H2,1-2H3. The summed E-state index contributed by atoms with van der Waals surface area (Å²) in [6, 6.07) is 4.03. The van der Waals surface area contributed by atoms with Gasteiger partial charge in [-0.05, 0) is 36.5 Å². The number of hydrogen-bond acceptors (Lipinski definition) is 2. The third kappa shape index (κ3) is 3.19. The first-order chi connectivity index (χ1) is 9.29. The minimum Gasteiger partial charge on any atom is -0.399 e. The minimum atomic E-state index is -4.39. The number of nitrogens with one attached hydrogen (secondary N) is 1. The molecule has 1 aromatic rings. The van der Waals surface area contributed by atoms with E-state index in [1.54, 1.807) is 0 Å². The predicted octanol–water partition coefficient (Wildman–Crippen LogP) is 4.52. The fraction of sp³-hybridized carbons (Fsp3) is 0.600. The quantitative estimate of drug-likeness (QED) is 0.784. The Kier molecular flexibility index (Phi) is 4.16. The van der Waals surface area contributed by atoms with Gasteiger partial charge in [0.15, 0.2) is 0 Å². The van der Waals surface area contributed by atoms with E-state index in [0.717, 1.165) is 25.3 Å². The molecule has 112 valence electrons. The maximum Gasteiger partial charge on any atom is 0.418 e. The molecule has 1 aliphatic rings. The molecular formula is C15H21F3N2. The highest BCUT2D eigenvalue weighted by Gasteiger charge is 2.35. The summed E-state index contributed by atoms with van der Waals surface area (Å²) in [6.07, 6.45) is -1.28. The maximum atomic E-state index is 13.1. The molecular weight excluding hydrogens is 265 g/mol. The number of alkyl halides is 3. The number of rotatable bonds is 2. The van der Waals surface area contributed by atoms with Gasteiger partial charge in [0.2, 0.25) is 0 Å². The van der Waals surface area contributed by atoms with Crippen LogP contribution in [0.1, 0.15) is 38.7 Å². The highest BCUT2D eigenvalue weighted by Crippen LogP contribution is 2.38. The third-order valence-corrected chi connectivity index (χ3v) is 4.40. The lowest BCUT2D eigenvalue weighted by atomic mass is 9.78. The first kappa shape index (κ1) is 15.0. The van der Waals surface area contributed by atoms with Crippen LogP contribution in [0.5, 0.6) is 0 Å². The van der Waals surface area contributed by atoms with Crippen molar-refractivity contribution in [3.63, 3.8) is 0 Å². The Morgan fingerprint density at radius 1 is 1.20 bits per heavy atom. The summed E-state index contributed by atoms with van der Waals surface area (Å²) in [7, 11) is 0. The van der Waals surface area contributed by atoms with Crippen molar-refractivity contribution in [3.05, 3.63) is 23.8 Å². The van der Waals surface area contributed by atoms with E-state index in [0.29, 0.717) is 11.8 Å². The zero-order valence-corrected chi connectivity index (χ0v) is 11.8. The van der Waals surface area contributed by atoms with Crippen molar-refractivity contribution < 1.29 is 13.2 Å². The van der Waals surface area contributed by atoms with E-state index >= 15 is 0 Å². The van der Waals surface area contributed by atoms with E-state index in [2.05, 4.69) is 19.2 Å². The van der Waals surface area contributed by atoms with Crippen LogP contribution in [0.2, 0.25) is 0 Å². The number of nitrogen functional groups attached to an aromatic ring is 1. The first-order valence-corrected chi connectivity index (χ1v) is 7.02. The van der Waals surface area contributed by atoms with Gasteiger partial charge in [-0.1, -0.05) is 26.7 Å². The summed E-state index contributed by atoms with van der Waals surface area (Å²) < 4.78 is 39.2. The summed E-state index contributed by atoms with van der Waals surface area (Å²) in [5, 5.41) is 3.09. The lowest BCUT2D eigenvalue weighted by Gasteiger charge is -2.35. The van der Waals surface area contributed by atoms with Gasteiger partial charge in [-0.2, -0.15) is 13.2 Å². The van der Waals surface area contributed by atoms with Gasteiger partial charge in [0, 0.05) is 17.4 Å². The minimum absolute atomic E-state index is 0.0866. The number of benzene rings is 1. The largest absolute Gasteiger partial charge is 0.418 e. The van der Waals surface area contributed by atoms with E-state index in [9.17, 15) is 13.2 Å². The molecule has 0 heterocycles. The van der Waals surface area contributed by atoms with Crippen LogP contribution < -0.4 is 11.1 Å². The SMILES string of the molecule is CC1CCCC(Nc2ccc(N)cc2C(F)(F)F)C1C. The summed E-state index contributed by atoms with van der Waals surface area (Å²) in [5.41, 5.74) is 5.07. The average molecular weight is 286 g/mol. The number of halogens is 3. The first-order valence-electron chi connectivity index (χ1n) is 7.02. The highest BCUT2D eigenvalue weighted by molar-refractivity contribution is 5.59. The molecule has 0 spiro atoms. The molecule has 20 heavy (non-hydrogen) atoms. The van der Waals surface area contributed by atoms with Crippen LogP contribution in [-0.2, 0) is 6.18 Å². The molecule has 0 saturated heterocycles. The van der Waals surface area contributed by atoms with Crippen molar-refractivity contribution >= 4 is 11.4 Å². The molecule has 3 atom stereocenters. The molecule has 0 aliphatic heterocycles. The van der Waals surface area contributed by atoms with Crippen LogP contribution in [0, 0.1) is 11.8 Å². The lowest BCUT2D eigenvalue weighted by Crippen LogP contribution is -2.35. The van der Waals surface area contributed by atoms with Crippen LogP contribution >= 0.6 is 0 Å². The van der Waals surface area contributed by atoms with Gasteiger partial charge in [-0.3, -0.25) is 0 Å². The number of nitrogens with two attached hydrogens (primary N) is 1. The van der Waals surface area contributed by atoms with Gasteiger partial charge in [-0.25, -0.2) is 0 Å². The number of anilines is 2. The van der Waals surface area contributed by atoms with Crippen LogP contribution in [-0.4, -0.2) is 6.04 Å². The van der Waals surface area contributed by atoms with E-state index < -0.39 is 11.7 Å². The Labute approximate surface area is 117 Å². The van der Waals surface area contributed by atoms with Crippen LogP contribution in [0.4, 0.5) is 24.5 Å². The zero-order chi connectivity index (χ0) is 14.9. The molecule has 0 amide bonds. The molecule has 3 N–H and O–H groups in total. The monoisotopic (exact) mass is 286 g/mol. The van der Waals surface area contributed by atoms with Gasteiger partial charge in [-0.15, -0.1) is 0 Å². The second-order valence-corrected chi connectivity index (χ2v) is 5.82. The lowest BCUT2D eigenvalue weighted by molar-refractivity contribution is -0.136. The second kappa shape index (κ2) is 5.54. The Morgan fingerprint density at radius 3 is 2.55 bits per heavy atom. The molecule has 2 rings (SSSR count). The molecule has 0 aromatic heterocycles. The maximum absolute atomic E-state index is 13.1. The topological polar surface area (TPSA) is 38.0 Å². The Hall–Kier alpha value is -1.39. The van der Waals surface area contributed by atoms with E-state index in [4.69, 9.17) is 5.73 Å². The van der Waals surface area contributed by atoms with Gasteiger partial charge in [0.25, 0.3) is 0 Å². The smallest absolute Gasteiger partial charge is 0.399 e. The summed E-state index contributed by atoms with van der Waals surface area (Å²) >= 11 is 0. The van der Waals surface area contributed by atoms with Crippen LogP contribution in [0.25, 0.3) is 0 Å². The third-order valence-electron chi connectivity index (χ3n) is 4.40. The molecule has 5 heteroatoms. The fourth-order valence-corrected chi connectivity index (χ4v) is 2.91. The summed E-state index contributed by atoms with van der Waals surface area (Å²) in [5.74, 6) is 0.895. The molecule has 0 radical (unpaired) electrons. The van der Waals surface area contributed by atoms with Gasteiger partial charge in [0.1, 0.15) is 0 Å². The normalized spacial score (nSPS) is 27.4. The predicted molar refractivity (Wildman–Crippen MR) is 75.4 cm³/mol. The van der Waals surface area contributed by atoms with Crippen molar-refractivity contribution in [1.82, 2.24) is 0 Å². The summed E-state index contributed by atoms with van der Waals surface area (Å²) in [4.78, 5) is 0. The Bertz CT molecular complexity index is 471.